The Labute approximate surface area is 93.8 Å². The van der Waals surface area contributed by atoms with E-state index in [2.05, 4.69) is 34.1 Å². The molecular formula is C13H15Br. The van der Waals surface area contributed by atoms with Crippen molar-refractivity contribution < 1.29 is 0 Å². The monoisotopic (exact) mass is 250 g/mol. The van der Waals surface area contributed by atoms with E-state index >= 15 is 0 Å². The first kappa shape index (κ1) is 8.96. The Kier molecular flexibility index (Phi) is 2.16. The number of fused-ring (bicyclic) bond motifs is 3. The van der Waals surface area contributed by atoms with E-state index in [1.807, 2.05) is 0 Å². The second-order valence-corrected chi connectivity index (χ2v) is 5.61. The van der Waals surface area contributed by atoms with Crippen LogP contribution in [-0.4, -0.2) is 0 Å². The van der Waals surface area contributed by atoms with Gasteiger partial charge in [0.1, 0.15) is 0 Å². The zero-order valence-electron chi connectivity index (χ0n) is 8.30. The van der Waals surface area contributed by atoms with Crippen molar-refractivity contribution in [2.45, 2.75) is 38.0 Å². The minimum atomic E-state index is 0.895. The molecule has 3 rings (SSSR count). The molecular weight excluding hydrogens is 236 g/mol. The topological polar surface area (TPSA) is 0 Å². The van der Waals surface area contributed by atoms with Crippen LogP contribution in [0.5, 0.6) is 0 Å². The molecule has 1 aromatic carbocycles. The largest absolute Gasteiger partial charge is 0.0574 e. The van der Waals surface area contributed by atoms with E-state index < -0.39 is 0 Å². The average molecular weight is 251 g/mol. The highest BCUT2D eigenvalue weighted by Gasteiger charge is 2.33. The number of hydrogen-bond donors (Lipinski definition) is 0. The van der Waals surface area contributed by atoms with E-state index in [9.17, 15) is 0 Å². The predicted octanol–water partition coefficient (Wildman–Crippen LogP) is 4.28. The second-order valence-electron chi connectivity index (χ2n) is 4.70. The molecule has 2 aliphatic carbocycles. The van der Waals surface area contributed by atoms with Gasteiger partial charge in [0.05, 0.1) is 0 Å². The third-order valence-electron chi connectivity index (χ3n) is 3.90. The first-order valence-corrected chi connectivity index (χ1v) is 6.42. The molecule has 0 spiro atoms. The van der Waals surface area contributed by atoms with E-state index in [0.717, 1.165) is 11.8 Å². The molecule has 0 heterocycles. The molecule has 0 N–H and O–H groups in total. The maximum Gasteiger partial charge on any atom is 0.0178 e. The highest BCUT2D eigenvalue weighted by Crippen LogP contribution is 2.46. The molecule has 0 unspecified atom stereocenters. The van der Waals surface area contributed by atoms with E-state index in [-0.39, 0.29) is 0 Å². The molecule has 0 bridgehead atoms. The fraction of sp³-hybridized carbons (Fsp3) is 0.538. The van der Waals surface area contributed by atoms with Gasteiger partial charge in [-0.3, -0.25) is 0 Å². The lowest BCUT2D eigenvalue weighted by molar-refractivity contribution is 0.330. The lowest BCUT2D eigenvalue weighted by Crippen LogP contribution is -2.12. The smallest absolute Gasteiger partial charge is 0.0178 e. The molecule has 1 saturated carbocycles. The molecule has 2 atom stereocenters. The second kappa shape index (κ2) is 3.37. The molecule has 2 aliphatic rings. The van der Waals surface area contributed by atoms with Crippen molar-refractivity contribution >= 4 is 15.9 Å². The van der Waals surface area contributed by atoms with Crippen LogP contribution in [0, 0.1) is 5.92 Å². The summed E-state index contributed by atoms with van der Waals surface area (Å²) < 4.78 is 1.25. The molecule has 0 nitrogen and oxygen atoms in total. The van der Waals surface area contributed by atoms with Gasteiger partial charge in [-0.25, -0.2) is 0 Å². The van der Waals surface area contributed by atoms with Gasteiger partial charge in [-0.1, -0.05) is 34.8 Å². The molecule has 0 saturated heterocycles. The van der Waals surface area contributed by atoms with Gasteiger partial charge in [-0.05, 0) is 54.4 Å². The molecule has 1 fully saturated rings. The van der Waals surface area contributed by atoms with Crippen LogP contribution >= 0.6 is 15.9 Å². The summed E-state index contributed by atoms with van der Waals surface area (Å²) in [6.07, 6.45) is 7.11. The van der Waals surface area contributed by atoms with Gasteiger partial charge < -0.3 is 0 Å². The molecule has 74 valence electrons. The summed E-state index contributed by atoms with van der Waals surface area (Å²) in [6, 6.07) is 6.87. The van der Waals surface area contributed by atoms with Crippen LogP contribution in [-0.2, 0) is 6.42 Å². The highest BCUT2D eigenvalue weighted by atomic mass is 79.9. The van der Waals surface area contributed by atoms with Crippen LogP contribution in [0.15, 0.2) is 22.7 Å². The summed E-state index contributed by atoms with van der Waals surface area (Å²) in [5.41, 5.74) is 3.26. The number of rotatable bonds is 0. The summed E-state index contributed by atoms with van der Waals surface area (Å²) in [5, 5.41) is 0. The normalized spacial score (nSPS) is 29.8. The standard InChI is InChI=1S/C13H15Br/c14-11-5-6-13-10(8-11)7-9-3-1-2-4-12(9)13/h5-6,8-9,12H,1-4,7H2/t9-,12-/m0/s1. The summed E-state index contributed by atoms with van der Waals surface area (Å²) in [4.78, 5) is 0. The molecule has 0 amide bonds. The third-order valence-corrected chi connectivity index (χ3v) is 4.39. The van der Waals surface area contributed by atoms with Crippen molar-refractivity contribution in [2.24, 2.45) is 5.92 Å². The van der Waals surface area contributed by atoms with E-state index in [4.69, 9.17) is 0 Å². The van der Waals surface area contributed by atoms with Gasteiger partial charge in [0.25, 0.3) is 0 Å². The van der Waals surface area contributed by atoms with E-state index in [0.29, 0.717) is 0 Å². The Balaban J connectivity index is 2.01. The molecule has 0 aromatic heterocycles. The Morgan fingerprint density at radius 2 is 2.00 bits per heavy atom. The summed E-state index contributed by atoms with van der Waals surface area (Å²) in [5.74, 6) is 1.86. The maximum atomic E-state index is 3.56. The number of halogens is 1. The van der Waals surface area contributed by atoms with Crippen LogP contribution < -0.4 is 0 Å². The molecule has 0 aliphatic heterocycles. The number of hydrogen-bond acceptors (Lipinski definition) is 0. The fourth-order valence-electron chi connectivity index (χ4n) is 3.26. The zero-order valence-corrected chi connectivity index (χ0v) is 9.89. The summed E-state index contributed by atoms with van der Waals surface area (Å²) in [6.45, 7) is 0. The quantitative estimate of drug-likeness (QED) is 0.645. The maximum absolute atomic E-state index is 3.56. The van der Waals surface area contributed by atoms with Crippen LogP contribution in [0.25, 0.3) is 0 Å². The number of benzene rings is 1. The molecule has 14 heavy (non-hydrogen) atoms. The first-order chi connectivity index (χ1) is 6.84. The Bertz CT molecular complexity index is 356. The molecule has 1 heteroatoms. The van der Waals surface area contributed by atoms with Crippen molar-refractivity contribution in [2.75, 3.05) is 0 Å². The lowest BCUT2D eigenvalue weighted by Gasteiger charge is -2.25. The van der Waals surface area contributed by atoms with Crippen molar-refractivity contribution in [1.29, 1.82) is 0 Å². The minimum absolute atomic E-state index is 0.895. The van der Waals surface area contributed by atoms with Crippen LogP contribution in [0.4, 0.5) is 0 Å². The Morgan fingerprint density at radius 3 is 2.93 bits per heavy atom. The molecule has 0 radical (unpaired) electrons. The van der Waals surface area contributed by atoms with Crippen LogP contribution in [0.1, 0.15) is 42.7 Å². The van der Waals surface area contributed by atoms with Crippen molar-refractivity contribution in [3.05, 3.63) is 33.8 Å². The minimum Gasteiger partial charge on any atom is -0.0574 e. The van der Waals surface area contributed by atoms with E-state index in [1.54, 1.807) is 11.1 Å². The third kappa shape index (κ3) is 1.33. The van der Waals surface area contributed by atoms with Crippen molar-refractivity contribution in [3.8, 4) is 0 Å². The van der Waals surface area contributed by atoms with E-state index in [1.165, 1.54) is 36.6 Å². The summed E-state index contributed by atoms with van der Waals surface area (Å²) >= 11 is 3.56. The van der Waals surface area contributed by atoms with Gasteiger partial charge in [-0.15, -0.1) is 0 Å². The van der Waals surface area contributed by atoms with Gasteiger partial charge in [-0.2, -0.15) is 0 Å². The van der Waals surface area contributed by atoms with Crippen LogP contribution in [0.3, 0.4) is 0 Å². The Hall–Kier alpha value is -0.300. The average Bonchev–Trinajstić information content (AvgIpc) is 2.54. The lowest BCUT2D eigenvalue weighted by atomic mass is 9.80. The zero-order chi connectivity index (χ0) is 9.54. The fourth-order valence-corrected chi connectivity index (χ4v) is 3.67. The van der Waals surface area contributed by atoms with Gasteiger partial charge in [0, 0.05) is 4.47 Å². The van der Waals surface area contributed by atoms with Crippen LogP contribution in [0.2, 0.25) is 0 Å². The SMILES string of the molecule is Brc1ccc2c(c1)C[C@@H]1CCCC[C@H]21. The van der Waals surface area contributed by atoms with Crippen molar-refractivity contribution in [3.63, 3.8) is 0 Å². The van der Waals surface area contributed by atoms with Gasteiger partial charge in [0.2, 0.25) is 0 Å². The summed E-state index contributed by atoms with van der Waals surface area (Å²) in [7, 11) is 0. The first-order valence-electron chi connectivity index (χ1n) is 5.63. The van der Waals surface area contributed by atoms with Gasteiger partial charge in [0.15, 0.2) is 0 Å². The molecule has 1 aromatic rings. The highest BCUT2D eigenvalue weighted by molar-refractivity contribution is 9.10. The van der Waals surface area contributed by atoms with Crippen molar-refractivity contribution in [1.82, 2.24) is 0 Å². The Morgan fingerprint density at radius 1 is 1.14 bits per heavy atom. The predicted molar refractivity (Wildman–Crippen MR) is 62.5 cm³/mol. The van der Waals surface area contributed by atoms with Gasteiger partial charge >= 0.3 is 0 Å².